The van der Waals surface area contributed by atoms with E-state index in [1.165, 1.54) is 0 Å². The average molecular weight is 272 g/mol. The van der Waals surface area contributed by atoms with Crippen LogP contribution in [0.15, 0.2) is 36.9 Å². The largest absolute Gasteiger partial charge is 0.480 e. The molecule has 0 radical (unpaired) electrons. The first-order valence-corrected chi connectivity index (χ1v) is 6.19. The number of carboxylic acids is 1. The third-order valence-electron chi connectivity index (χ3n) is 2.74. The van der Waals surface area contributed by atoms with Crippen molar-refractivity contribution in [2.75, 3.05) is 0 Å². The molecule has 1 unspecified atom stereocenters. The van der Waals surface area contributed by atoms with E-state index in [0.717, 1.165) is 5.56 Å². The molecule has 1 rings (SSSR count). The molecule has 1 atom stereocenters. The number of hydrogen-bond acceptors (Lipinski definition) is 3. The third-order valence-corrected chi connectivity index (χ3v) is 2.74. The number of nitrogens with zero attached hydrogens (tertiary/aromatic N) is 1. The number of nitriles is 1. The van der Waals surface area contributed by atoms with E-state index in [1.54, 1.807) is 30.3 Å². The minimum atomic E-state index is -1.08. The van der Waals surface area contributed by atoms with Gasteiger partial charge in [-0.05, 0) is 30.5 Å². The number of amides is 1. The molecule has 0 saturated carbocycles. The van der Waals surface area contributed by atoms with Gasteiger partial charge >= 0.3 is 5.97 Å². The lowest BCUT2D eigenvalue weighted by Crippen LogP contribution is -2.40. The Morgan fingerprint density at radius 3 is 2.85 bits per heavy atom. The summed E-state index contributed by atoms with van der Waals surface area (Å²) in [5, 5.41) is 20.1. The molecule has 0 aromatic heterocycles. The highest BCUT2D eigenvalue weighted by molar-refractivity contribution is 5.96. The SMILES string of the molecule is C=CCCC(NC(=O)c1cccc(CC#N)c1)C(=O)O. The number of hydrogen-bond donors (Lipinski definition) is 2. The molecule has 0 fully saturated rings. The van der Waals surface area contributed by atoms with Crippen LogP contribution < -0.4 is 5.32 Å². The molecule has 0 heterocycles. The number of rotatable bonds is 7. The van der Waals surface area contributed by atoms with E-state index in [-0.39, 0.29) is 6.42 Å². The summed E-state index contributed by atoms with van der Waals surface area (Å²) in [6, 6.07) is 7.64. The Bertz CT molecular complexity index is 546. The smallest absolute Gasteiger partial charge is 0.326 e. The molecule has 0 aliphatic carbocycles. The standard InChI is InChI=1S/C15H16N2O3/c1-2-3-7-13(15(19)20)17-14(18)12-6-4-5-11(10-12)8-9-16/h2,4-6,10,13H,1,3,7-8H2,(H,17,18)(H,19,20). The van der Waals surface area contributed by atoms with E-state index >= 15 is 0 Å². The van der Waals surface area contributed by atoms with Crippen molar-refractivity contribution in [3.63, 3.8) is 0 Å². The number of nitrogens with one attached hydrogen (secondary N) is 1. The van der Waals surface area contributed by atoms with Crippen LogP contribution in [0.25, 0.3) is 0 Å². The highest BCUT2D eigenvalue weighted by atomic mass is 16.4. The van der Waals surface area contributed by atoms with Gasteiger partial charge in [-0.2, -0.15) is 5.26 Å². The van der Waals surface area contributed by atoms with Crippen molar-refractivity contribution >= 4 is 11.9 Å². The summed E-state index contributed by atoms with van der Waals surface area (Å²) in [5.41, 5.74) is 1.07. The van der Waals surface area contributed by atoms with Crippen molar-refractivity contribution in [1.82, 2.24) is 5.32 Å². The molecule has 2 N–H and O–H groups in total. The minimum Gasteiger partial charge on any atom is -0.480 e. The normalized spacial score (nSPS) is 11.2. The van der Waals surface area contributed by atoms with Crippen molar-refractivity contribution in [1.29, 1.82) is 5.26 Å². The summed E-state index contributed by atoms with van der Waals surface area (Å²) in [6.07, 6.45) is 2.61. The molecule has 1 aromatic rings. The van der Waals surface area contributed by atoms with E-state index in [1.807, 2.05) is 6.07 Å². The fourth-order valence-electron chi connectivity index (χ4n) is 1.70. The monoisotopic (exact) mass is 272 g/mol. The summed E-state index contributed by atoms with van der Waals surface area (Å²) in [5.74, 6) is -1.53. The Labute approximate surface area is 117 Å². The molecule has 0 saturated heterocycles. The van der Waals surface area contributed by atoms with Crippen LogP contribution in [-0.2, 0) is 11.2 Å². The zero-order chi connectivity index (χ0) is 15.0. The van der Waals surface area contributed by atoms with Crippen LogP contribution in [0.2, 0.25) is 0 Å². The van der Waals surface area contributed by atoms with E-state index in [0.29, 0.717) is 18.4 Å². The van der Waals surface area contributed by atoms with Crippen LogP contribution in [-0.4, -0.2) is 23.0 Å². The van der Waals surface area contributed by atoms with Crippen LogP contribution in [0.4, 0.5) is 0 Å². The summed E-state index contributed by atoms with van der Waals surface area (Å²) >= 11 is 0. The van der Waals surface area contributed by atoms with Gasteiger partial charge < -0.3 is 10.4 Å². The van der Waals surface area contributed by atoms with Gasteiger partial charge in [0.25, 0.3) is 5.91 Å². The molecule has 0 aliphatic rings. The first-order chi connectivity index (χ1) is 9.58. The summed E-state index contributed by atoms with van der Waals surface area (Å²) in [4.78, 5) is 23.0. The molecule has 1 amide bonds. The molecular weight excluding hydrogens is 256 g/mol. The zero-order valence-corrected chi connectivity index (χ0v) is 11.0. The Balaban J connectivity index is 2.78. The number of allylic oxidation sites excluding steroid dienone is 1. The van der Waals surface area contributed by atoms with Crippen molar-refractivity contribution in [3.8, 4) is 6.07 Å². The Morgan fingerprint density at radius 1 is 1.50 bits per heavy atom. The lowest BCUT2D eigenvalue weighted by atomic mass is 10.1. The molecule has 0 aliphatic heterocycles. The number of carboxylic acid groups (broad SMARTS) is 1. The highest BCUT2D eigenvalue weighted by Crippen LogP contribution is 2.07. The molecule has 0 bridgehead atoms. The molecule has 104 valence electrons. The third kappa shape index (κ3) is 4.58. The van der Waals surface area contributed by atoms with Gasteiger partial charge in [0.15, 0.2) is 0 Å². The van der Waals surface area contributed by atoms with Gasteiger partial charge in [0.2, 0.25) is 0 Å². The topological polar surface area (TPSA) is 90.2 Å². The fraction of sp³-hybridized carbons (Fsp3) is 0.267. The van der Waals surface area contributed by atoms with Crippen LogP contribution in [0, 0.1) is 11.3 Å². The number of benzene rings is 1. The van der Waals surface area contributed by atoms with Gasteiger partial charge in [-0.3, -0.25) is 4.79 Å². The van der Waals surface area contributed by atoms with Crippen LogP contribution in [0.5, 0.6) is 0 Å². The van der Waals surface area contributed by atoms with Gasteiger partial charge in [0, 0.05) is 5.56 Å². The summed E-state index contributed by atoms with van der Waals surface area (Å²) in [7, 11) is 0. The lowest BCUT2D eigenvalue weighted by Gasteiger charge is -2.13. The Morgan fingerprint density at radius 2 is 2.25 bits per heavy atom. The fourth-order valence-corrected chi connectivity index (χ4v) is 1.70. The maximum Gasteiger partial charge on any atom is 0.326 e. The van der Waals surface area contributed by atoms with Crippen LogP contribution in [0.1, 0.15) is 28.8 Å². The molecule has 20 heavy (non-hydrogen) atoms. The van der Waals surface area contributed by atoms with E-state index in [2.05, 4.69) is 11.9 Å². The molecule has 0 spiro atoms. The van der Waals surface area contributed by atoms with Gasteiger partial charge in [-0.25, -0.2) is 4.79 Å². The van der Waals surface area contributed by atoms with Crippen molar-refractivity contribution < 1.29 is 14.7 Å². The van der Waals surface area contributed by atoms with Gasteiger partial charge in [-0.15, -0.1) is 6.58 Å². The van der Waals surface area contributed by atoms with Gasteiger partial charge in [0.1, 0.15) is 6.04 Å². The quantitative estimate of drug-likeness (QED) is 0.742. The minimum absolute atomic E-state index is 0.208. The van der Waals surface area contributed by atoms with Crippen molar-refractivity contribution in [2.45, 2.75) is 25.3 Å². The second-order valence-electron chi connectivity index (χ2n) is 4.27. The first-order valence-electron chi connectivity index (χ1n) is 6.19. The number of aliphatic carboxylic acids is 1. The van der Waals surface area contributed by atoms with Crippen LogP contribution in [0.3, 0.4) is 0 Å². The predicted octanol–water partition coefficient (Wildman–Crippen LogP) is 1.90. The van der Waals surface area contributed by atoms with Crippen molar-refractivity contribution in [2.24, 2.45) is 0 Å². The van der Waals surface area contributed by atoms with E-state index < -0.39 is 17.9 Å². The second-order valence-corrected chi connectivity index (χ2v) is 4.27. The molecule has 5 nitrogen and oxygen atoms in total. The maximum absolute atomic E-state index is 12.0. The van der Waals surface area contributed by atoms with Gasteiger partial charge in [-0.1, -0.05) is 18.2 Å². The first kappa shape index (κ1) is 15.4. The molecule has 1 aromatic carbocycles. The molecular formula is C15H16N2O3. The number of carbonyl (C=O) groups excluding carboxylic acids is 1. The predicted molar refractivity (Wildman–Crippen MR) is 74.1 cm³/mol. The highest BCUT2D eigenvalue weighted by Gasteiger charge is 2.19. The second kappa shape index (κ2) is 7.74. The maximum atomic E-state index is 12.0. The molecule has 5 heteroatoms. The Kier molecular flexibility index (Phi) is 5.98. The lowest BCUT2D eigenvalue weighted by molar-refractivity contribution is -0.139. The summed E-state index contributed by atoms with van der Waals surface area (Å²) < 4.78 is 0. The van der Waals surface area contributed by atoms with E-state index in [4.69, 9.17) is 10.4 Å². The van der Waals surface area contributed by atoms with E-state index in [9.17, 15) is 9.59 Å². The van der Waals surface area contributed by atoms with Crippen LogP contribution >= 0.6 is 0 Å². The zero-order valence-electron chi connectivity index (χ0n) is 11.0. The number of carbonyl (C=O) groups is 2. The van der Waals surface area contributed by atoms with Crippen molar-refractivity contribution in [3.05, 3.63) is 48.0 Å². The average Bonchev–Trinajstić information content (AvgIpc) is 2.43. The summed E-state index contributed by atoms with van der Waals surface area (Å²) in [6.45, 7) is 3.53. The Hall–Kier alpha value is -2.61. The van der Waals surface area contributed by atoms with Gasteiger partial charge in [0.05, 0.1) is 12.5 Å².